The Morgan fingerprint density at radius 2 is 2.08 bits per heavy atom. The Morgan fingerprint density at radius 3 is 2.83 bits per heavy atom. The number of carbonyl (C=O) groups is 1. The molecule has 2 aromatic rings. The van der Waals surface area contributed by atoms with Crippen molar-refractivity contribution in [2.45, 2.75) is 53.0 Å². The van der Waals surface area contributed by atoms with E-state index in [0.29, 0.717) is 12.2 Å². The number of nitrogens with zero attached hydrogens (tertiary/aromatic N) is 3. The summed E-state index contributed by atoms with van der Waals surface area (Å²) in [6.07, 6.45) is 4.72. The van der Waals surface area contributed by atoms with Gasteiger partial charge in [-0.05, 0) is 54.7 Å². The van der Waals surface area contributed by atoms with Crippen LogP contribution in [0.15, 0.2) is 18.3 Å². The normalized spacial score (nSPS) is 28.5. The van der Waals surface area contributed by atoms with E-state index in [0.717, 1.165) is 24.8 Å². The van der Waals surface area contributed by atoms with Crippen molar-refractivity contribution in [2.24, 2.45) is 10.8 Å². The maximum atomic E-state index is 14.7. The molecule has 0 spiro atoms. The fraction of sp³-hybridized carbons (Fsp3) is 0.579. The smallest absolute Gasteiger partial charge is 0.277 e. The molecule has 0 N–H and O–H groups in total. The van der Waals surface area contributed by atoms with Crippen molar-refractivity contribution in [1.29, 1.82) is 0 Å². The lowest BCUT2D eigenvalue weighted by Gasteiger charge is -2.39. The van der Waals surface area contributed by atoms with Gasteiger partial charge in [0.05, 0.1) is 0 Å². The second-order valence-electron chi connectivity index (χ2n) is 8.83. The van der Waals surface area contributed by atoms with Gasteiger partial charge in [-0.2, -0.15) is 4.39 Å². The highest BCUT2D eigenvalue weighted by molar-refractivity contribution is 5.93. The van der Waals surface area contributed by atoms with Crippen LogP contribution in [0.5, 0.6) is 0 Å². The molecular formula is C19H24FN3O. The van der Waals surface area contributed by atoms with Crippen molar-refractivity contribution in [3.8, 4) is 0 Å². The average Bonchev–Trinajstić information content (AvgIpc) is 2.91. The van der Waals surface area contributed by atoms with Gasteiger partial charge in [-0.1, -0.05) is 20.8 Å². The first-order chi connectivity index (χ1) is 11.2. The molecule has 128 valence electrons. The minimum absolute atomic E-state index is 0.0467. The third kappa shape index (κ3) is 2.33. The summed E-state index contributed by atoms with van der Waals surface area (Å²) in [5.74, 6) is -0.818. The van der Waals surface area contributed by atoms with Crippen LogP contribution >= 0.6 is 0 Å². The third-order valence-corrected chi connectivity index (χ3v) is 5.60. The Balaban J connectivity index is 1.71. The Hall–Kier alpha value is -1.91. The van der Waals surface area contributed by atoms with Gasteiger partial charge in [-0.3, -0.25) is 9.20 Å². The Kier molecular flexibility index (Phi) is 3.12. The molecule has 2 bridgehead atoms. The fourth-order valence-electron chi connectivity index (χ4n) is 5.09. The van der Waals surface area contributed by atoms with Gasteiger partial charge in [0, 0.05) is 18.8 Å². The van der Waals surface area contributed by atoms with Crippen LogP contribution in [0.1, 0.15) is 56.1 Å². The maximum Gasteiger partial charge on any atom is 0.277 e. The molecule has 1 amide bonds. The second-order valence-corrected chi connectivity index (χ2v) is 8.83. The van der Waals surface area contributed by atoms with E-state index >= 15 is 0 Å². The summed E-state index contributed by atoms with van der Waals surface area (Å²) in [5.41, 5.74) is 1.80. The number of imidazole rings is 1. The summed E-state index contributed by atoms with van der Waals surface area (Å²) in [6.45, 7) is 9.41. The van der Waals surface area contributed by atoms with E-state index < -0.39 is 5.95 Å². The number of aromatic nitrogens is 2. The van der Waals surface area contributed by atoms with E-state index in [1.165, 1.54) is 4.40 Å². The number of pyridine rings is 1. The van der Waals surface area contributed by atoms with E-state index in [9.17, 15) is 9.18 Å². The molecule has 2 aliphatic rings. The molecule has 5 heteroatoms. The molecule has 2 fully saturated rings. The summed E-state index contributed by atoms with van der Waals surface area (Å²) in [5, 5.41) is 0. The van der Waals surface area contributed by atoms with Crippen LogP contribution < -0.4 is 0 Å². The van der Waals surface area contributed by atoms with Crippen molar-refractivity contribution in [1.82, 2.24) is 14.3 Å². The number of likely N-dealkylation sites (tertiary alicyclic amines) is 1. The summed E-state index contributed by atoms with van der Waals surface area (Å²) in [7, 11) is 0. The number of carbonyl (C=O) groups excluding carboxylic acids is 1. The predicted octanol–water partition coefficient (Wildman–Crippen LogP) is 3.82. The van der Waals surface area contributed by atoms with E-state index in [-0.39, 0.29) is 28.5 Å². The molecular weight excluding hydrogens is 305 g/mol. The Bertz CT molecular complexity index is 840. The van der Waals surface area contributed by atoms with Crippen molar-refractivity contribution < 1.29 is 9.18 Å². The zero-order valence-electron chi connectivity index (χ0n) is 14.8. The van der Waals surface area contributed by atoms with Crippen molar-refractivity contribution in [2.75, 3.05) is 6.54 Å². The molecule has 1 saturated carbocycles. The van der Waals surface area contributed by atoms with E-state index in [4.69, 9.17) is 0 Å². The number of amides is 1. The number of hydrogen-bond donors (Lipinski definition) is 0. The summed E-state index contributed by atoms with van der Waals surface area (Å²) >= 11 is 0. The van der Waals surface area contributed by atoms with Gasteiger partial charge in [0.15, 0.2) is 5.69 Å². The van der Waals surface area contributed by atoms with Crippen LogP contribution in [0.25, 0.3) is 5.65 Å². The van der Waals surface area contributed by atoms with Gasteiger partial charge in [0.1, 0.15) is 5.65 Å². The predicted molar refractivity (Wildman–Crippen MR) is 90.5 cm³/mol. The molecule has 24 heavy (non-hydrogen) atoms. The molecule has 4 rings (SSSR count). The molecule has 1 aliphatic heterocycles. The highest BCUT2D eigenvalue weighted by Crippen LogP contribution is 2.52. The standard InChI is InChI=1S/C19H24FN3O/c1-12-5-6-22-14(7-12)21-15(16(22)20)17(24)23-11-19(4)9-13(23)8-18(2,3)10-19/h5-7,13H,8-11H2,1-4H3/t13-,19-/m1/s1. The minimum atomic E-state index is -0.555. The number of aryl methyl sites for hydroxylation is 1. The molecule has 4 nitrogen and oxygen atoms in total. The highest BCUT2D eigenvalue weighted by atomic mass is 19.1. The molecule has 1 saturated heterocycles. The maximum absolute atomic E-state index is 14.7. The average molecular weight is 329 g/mol. The molecule has 0 aromatic carbocycles. The second kappa shape index (κ2) is 4.80. The lowest BCUT2D eigenvalue weighted by Crippen LogP contribution is -2.38. The molecule has 0 radical (unpaired) electrons. The molecule has 3 heterocycles. The topological polar surface area (TPSA) is 37.6 Å². The lowest BCUT2D eigenvalue weighted by molar-refractivity contribution is 0.0697. The van der Waals surface area contributed by atoms with Crippen molar-refractivity contribution >= 4 is 11.6 Å². The zero-order valence-corrected chi connectivity index (χ0v) is 14.8. The summed E-state index contributed by atoms with van der Waals surface area (Å²) in [4.78, 5) is 19.2. The van der Waals surface area contributed by atoms with E-state index in [1.807, 2.05) is 17.9 Å². The molecule has 0 unspecified atom stereocenters. The van der Waals surface area contributed by atoms with Gasteiger partial charge in [0.25, 0.3) is 5.91 Å². The first kappa shape index (κ1) is 15.6. The van der Waals surface area contributed by atoms with Crippen molar-refractivity contribution in [3.05, 3.63) is 35.5 Å². The Labute approximate surface area is 141 Å². The van der Waals surface area contributed by atoms with Crippen LogP contribution in [-0.2, 0) is 0 Å². The van der Waals surface area contributed by atoms with Gasteiger partial charge in [0.2, 0.25) is 5.95 Å². The lowest BCUT2D eigenvalue weighted by atomic mass is 9.65. The van der Waals surface area contributed by atoms with Crippen molar-refractivity contribution in [3.63, 3.8) is 0 Å². The molecule has 2 aromatic heterocycles. The number of fused-ring (bicyclic) bond motifs is 3. The van der Waals surface area contributed by atoms with E-state index in [2.05, 4.69) is 25.8 Å². The van der Waals surface area contributed by atoms with Crippen LogP contribution in [0, 0.1) is 23.7 Å². The van der Waals surface area contributed by atoms with E-state index in [1.54, 1.807) is 12.3 Å². The summed E-state index contributed by atoms with van der Waals surface area (Å²) < 4.78 is 16.1. The van der Waals surface area contributed by atoms with Crippen LogP contribution in [0.3, 0.4) is 0 Å². The van der Waals surface area contributed by atoms with Gasteiger partial charge in [-0.25, -0.2) is 4.98 Å². The number of halogens is 1. The number of hydrogen-bond acceptors (Lipinski definition) is 2. The fourth-order valence-corrected chi connectivity index (χ4v) is 5.09. The van der Waals surface area contributed by atoms with Crippen LogP contribution in [0.4, 0.5) is 4.39 Å². The Morgan fingerprint density at radius 1 is 1.33 bits per heavy atom. The molecule has 1 aliphatic carbocycles. The quantitative estimate of drug-likeness (QED) is 0.797. The first-order valence-electron chi connectivity index (χ1n) is 8.63. The monoisotopic (exact) mass is 329 g/mol. The van der Waals surface area contributed by atoms with Crippen LogP contribution in [-0.4, -0.2) is 32.8 Å². The number of rotatable bonds is 1. The third-order valence-electron chi connectivity index (χ3n) is 5.60. The van der Waals surface area contributed by atoms with Crippen LogP contribution in [0.2, 0.25) is 0 Å². The van der Waals surface area contributed by atoms with Gasteiger partial charge >= 0.3 is 0 Å². The summed E-state index contributed by atoms with van der Waals surface area (Å²) in [6, 6.07) is 3.81. The first-order valence-corrected chi connectivity index (χ1v) is 8.63. The molecule has 2 atom stereocenters. The SMILES string of the molecule is Cc1ccn2c(F)c(C(=O)N3C[C@]4(C)C[C@H]3CC(C)(C)C4)nc2c1. The zero-order chi connectivity index (χ0) is 17.3. The van der Waals surface area contributed by atoms with Gasteiger partial charge in [-0.15, -0.1) is 0 Å². The van der Waals surface area contributed by atoms with Gasteiger partial charge < -0.3 is 4.90 Å². The minimum Gasteiger partial charge on any atom is -0.334 e. The highest BCUT2D eigenvalue weighted by Gasteiger charge is 2.51. The largest absolute Gasteiger partial charge is 0.334 e.